The molecule has 2 N–H and O–H groups in total. The van der Waals surface area contributed by atoms with Crippen molar-refractivity contribution in [1.29, 1.82) is 0 Å². The van der Waals surface area contributed by atoms with Crippen LogP contribution in [0.4, 0.5) is 4.39 Å². The molecule has 29 heavy (non-hydrogen) atoms. The van der Waals surface area contributed by atoms with Gasteiger partial charge in [-0.3, -0.25) is 0 Å². The Morgan fingerprint density at radius 2 is 1.66 bits per heavy atom. The number of benzene rings is 2. The van der Waals surface area contributed by atoms with E-state index in [-0.39, 0.29) is 34.5 Å². The number of hydrogen-bond donors (Lipinski definition) is 1. The lowest BCUT2D eigenvalue weighted by atomic mass is 10.3. The van der Waals surface area contributed by atoms with E-state index < -0.39 is 31.4 Å². The molecule has 160 valence electrons. The van der Waals surface area contributed by atoms with Gasteiger partial charge in [0.2, 0.25) is 10.0 Å². The van der Waals surface area contributed by atoms with E-state index in [1.165, 1.54) is 62.6 Å². The Bertz CT molecular complexity index is 1070. The van der Waals surface area contributed by atoms with Gasteiger partial charge in [-0.15, -0.1) is 12.4 Å². The highest BCUT2D eigenvalue weighted by molar-refractivity contribution is 7.91. The summed E-state index contributed by atoms with van der Waals surface area (Å²) in [7, 11) is -4.60. The predicted octanol–water partition coefficient (Wildman–Crippen LogP) is 2.74. The van der Waals surface area contributed by atoms with Gasteiger partial charge in [-0.1, -0.05) is 6.07 Å². The molecule has 2 aromatic carbocycles. The number of halogens is 2. The molecule has 0 aliphatic heterocycles. The highest BCUT2D eigenvalue weighted by atomic mass is 35.5. The number of nitrogens with two attached hydrogens (primary N) is 1. The lowest BCUT2D eigenvalue weighted by Crippen LogP contribution is -2.22. The average Bonchev–Trinajstić information content (AvgIpc) is 2.62. The molecule has 2 aromatic rings. The van der Waals surface area contributed by atoms with Crippen LogP contribution in [0.1, 0.15) is 0 Å². The molecule has 2 rings (SSSR count). The summed E-state index contributed by atoms with van der Waals surface area (Å²) in [6.45, 7) is -0.0932. The molecule has 0 radical (unpaired) electrons. The minimum atomic E-state index is -3.90. The van der Waals surface area contributed by atoms with Crippen molar-refractivity contribution in [2.45, 2.75) is 9.79 Å². The second kappa shape index (κ2) is 10.2. The second-order valence-electron chi connectivity index (χ2n) is 5.98. The first kappa shape index (κ1) is 25.1. The summed E-state index contributed by atoms with van der Waals surface area (Å²) in [5.41, 5.74) is 5.18. The summed E-state index contributed by atoms with van der Waals surface area (Å²) in [4.78, 5) is 0.000668. The summed E-state index contributed by atoms with van der Waals surface area (Å²) in [6.07, 6.45) is 1.00. The van der Waals surface area contributed by atoms with Crippen molar-refractivity contribution < 1.29 is 26.0 Å². The number of hydrogen-bond acceptors (Lipinski definition) is 6. The molecule has 11 heteroatoms. The minimum Gasteiger partial charge on any atom is -0.457 e. The van der Waals surface area contributed by atoms with Crippen molar-refractivity contribution in [3.8, 4) is 11.5 Å². The molecule has 0 bridgehead atoms. The fraction of sp³-hybridized carbons (Fsp3) is 0.222. The first-order valence-corrected chi connectivity index (χ1v) is 11.2. The molecule has 0 aliphatic carbocycles. The molecular weight excluding hydrogens is 443 g/mol. The number of rotatable bonds is 8. The van der Waals surface area contributed by atoms with Crippen LogP contribution in [0.2, 0.25) is 0 Å². The van der Waals surface area contributed by atoms with Gasteiger partial charge in [0.05, 0.1) is 9.79 Å². The van der Waals surface area contributed by atoms with Crippen LogP contribution in [0, 0.1) is 0 Å². The molecule has 0 unspecified atom stereocenters. The van der Waals surface area contributed by atoms with Gasteiger partial charge in [0, 0.05) is 20.6 Å². The molecule has 0 aromatic heterocycles. The standard InChI is InChI=1S/C18H21FN2O5S2.ClH/c1-21(2)28(24,25)17-8-6-15(7-9-17)26-16-4-3-5-18(12-16)27(22,23)13-14(19)10-11-20;/h3-10,12H,11,13,20H2,1-2H3;1H/b14-10-;. The second-order valence-corrected chi connectivity index (χ2v) is 10.1. The summed E-state index contributed by atoms with van der Waals surface area (Å²) < 4.78 is 68.9. The van der Waals surface area contributed by atoms with E-state index >= 15 is 0 Å². The van der Waals surface area contributed by atoms with Gasteiger partial charge >= 0.3 is 0 Å². The molecule has 0 fully saturated rings. The number of sulfonamides is 1. The van der Waals surface area contributed by atoms with Gasteiger partial charge in [0.1, 0.15) is 23.1 Å². The third-order valence-corrected chi connectivity index (χ3v) is 7.13. The highest BCUT2D eigenvalue weighted by Gasteiger charge is 2.19. The van der Waals surface area contributed by atoms with Gasteiger partial charge in [0.15, 0.2) is 9.84 Å². The fourth-order valence-corrected chi connectivity index (χ4v) is 4.34. The lowest BCUT2D eigenvalue weighted by molar-refractivity contribution is 0.479. The van der Waals surface area contributed by atoms with Crippen LogP contribution in [0.15, 0.2) is 70.2 Å². The van der Waals surface area contributed by atoms with E-state index in [1.807, 2.05) is 0 Å². The molecular formula is C18H22ClFN2O5S2. The Balaban J connectivity index is 0.00000420. The summed E-state index contributed by atoms with van der Waals surface area (Å²) in [5, 5.41) is 0. The van der Waals surface area contributed by atoms with Gasteiger partial charge in [0.25, 0.3) is 0 Å². The van der Waals surface area contributed by atoms with E-state index in [2.05, 4.69) is 0 Å². The molecule has 0 spiro atoms. The zero-order chi connectivity index (χ0) is 20.9. The van der Waals surface area contributed by atoms with Crippen molar-refractivity contribution >= 4 is 32.3 Å². The van der Waals surface area contributed by atoms with Crippen molar-refractivity contribution in [3.05, 3.63) is 60.4 Å². The molecule has 0 saturated heterocycles. The summed E-state index contributed by atoms with van der Waals surface area (Å²) in [6, 6.07) is 11.3. The average molecular weight is 465 g/mol. The maximum Gasteiger partial charge on any atom is 0.242 e. The van der Waals surface area contributed by atoms with Crippen LogP contribution in [0.3, 0.4) is 0 Å². The first-order valence-electron chi connectivity index (χ1n) is 8.14. The van der Waals surface area contributed by atoms with Crippen LogP contribution in [-0.2, 0) is 19.9 Å². The SMILES string of the molecule is CN(C)S(=O)(=O)c1ccc(Oc2cccc(S(=O)(=O)C/C(F)=C/CN)c2)cc1.Cl. The Kier molecular flexibility index (Phi) is 8.79. The lowest BCUT2D eigenvalue weighted by Gasteiger charge is -2.12. The minimum absolute atomic E-state index is 0. The Hall–Kier alpha value is -1.98. The number of nitrogens with zero attached hydrogens (tertiary/aromatic N) is 1. The number of ether oxygens (including phenoxy) is 1. The Morgan fingerprint density at radius 3 is 2.21 bits per heavy atom. The summed E-state index contributed by atoms with van der Waals surface area (Å²) >= 11 is 0. The zero-order valence-electron chi connectivity index (χ0n) is 15.8. The van der Waals surface area contributed by atoms with Crippen molar-refractivity contribution in [1.82, 2.24) is 4.31 Å². The van der Waals surface area contributed by atoms with E-state index in [1.54, 1.807) is 0 Å². The largest absolute Gasteiger partial charge is 0.457 e. The first-order chi connectivity index (χ1) is 13.1. The molecule has 0 saturated carbocycles. The fourth-order valence-electron chi connectivity index (χ4n) is 2.21. The Morgan fingerprint density at radius 1 is 1.03 bits per heavy atom. The topological polar surface area (TPSA) is 107 Å². The van der Waals surface area contributed by atoms with E-state index in [4.69, 9.17) is 10.5 Å². The van der Waals surface area contributed by atoms with Crippen LogP contribution in [0.5, 0.6) is 11.5 Å². The van der Waals surface area contributed by atoms with E-state index in [0.717, 1.165) is 10.4 Å². The van der Waals surface area contributed by atoms with Gasteiger partial charge < -0.3 is 10.5 Å². The smallest absolute Gasteiger partial charge is 0.242 e. The maximum absolute atomic E-state index is 13.5. The summed E-state index contributed by atoms with van der Waals surface area (Å²) in [5.74, 6) is -1.08. The number of sulfone groups is 1. The molecule has 0 aliphatic rings. The zero-order valence-corrected chi connectivity index (χ0v) is 18.2. The molecule has 7 nitrogen and oxygen atoms in total. The highest BCUT2D eigenvalue weighted by Crippen LogP contribution is 2.26. The Labute approximate surface area is 176 Å². The third-order valence-electron chi connectivity index (χ3n) is 3.67. The molecule has 0 amide bonds. The van der Waals surface area contributed by atoms with Crippen molar-refractivity contribution in [2.24, 2.45) is 5.73 Å². The third kappa shape index (κ3) is 6.51. The quantitative estimate of drug-likeness (QED) is 0.643. The van der Waals surface area contributed by atoms with Crippen molar-refractivity contribution in [2.75, 3.05) is 26.4 Å². The van der Waals surface area contributed by atoms with E-state index in [9.17, 15) is 21.2 Å². The predicted molar refractivity (Wildman–Crippen MR) is 111 cm³/mol. The van der Waals surface area contributed by atoms with Gasteiger partial charge in [-0.25, -0.2) is 25.5 Å². The van der Waals surface area contributed by atoms with Crippen molar-refractivity contribution in [3.63, 3.8) is 0 Å². The van der Waals surface area contributed by atoms with Crippen LogP contribution < -0.4 is 10.5 Å². The van der Waals surface area contributed by atoms with Gasteiger partial charge in [-0.05, 0) is 48.5 Å². The normalized spacial score (nSPS) is 12.5. The van der Waals surface area contributed by atoms with Crippen LogP contribution in [0.25, 0.3) is 0 Å². The van der Waals surface area contributed by atoms with Gasteiger partial charge in [-0.2, -0.15) is 0 Å². The molecule has 0 heterocycles. The van der Waals surface area contributed by atoms with E-state index in [0.29, 0.717) is 5.75 Å². The van der Waals surface area contributed by atoms with Crippen LogP contribution in [-0.4, -0.2) is 47.5 Å². The van der Waals surface area contributed by atoms with Crippen LogP contribution >= 0.6 is 12.4 Å². The monoisotopic (exact) mass is 464 g/mol. The molecule has 0 atom stereocenters. The maximum atomic E-state index is 13.5.